The molecule has 0 radical (unpaired) electrons. The Labute approximate surface area is 148 Å². The molecule has 2 N–H and O–H groups in total. The molecule has 0 aliphatic rings. The number of benzene rings is 2. The Kier molecular flexibility index (Phi) is 4.45. The van der Waals surface area contributed by atoms with E-state index in [0.29, 0.717) is 10.8 Å². The zero-order valence-corrected chi connectivity index (χ0v) is 14.1. The predicted octanol–water partition coefficient (Wildman–Crippen LogP) is 2.28. The van der Waals surface area contributed by atoms with Gasteiger partial charge in [-0.2, -0.15) is 0 Å². The number of aromatic hydroxyl groups is 1. The van der Waals surface area contributed by atoms with Gasteiger partial charge < -0.3 is 15.2 Å². The molecule has 0 fully saturated rings. The molecule has 1 heterocycles. The first-order chi connectivity index (χ1) is 12.5. The van der Waals surface area contributed by atoms with Gasteiger partial charge >= 0.3 is 5.97 Å². The molecule has 1 aromatic heterocycles. The van der Waals surface area contributed by atoms with Gasteiger partial charge in [-0.25, -0.2) is 4.79 Å². The number of aromatic nitrogens is 1. The van der Waals surface area contributed by atoms with Crippen LogP contribution in [0, 0.1) is 0 Å². The Balaban J connectivity index is 2.14. The van der Waals surface area contributed by atoms with Crippen molar-refractivity contribution < 1.29 is 19.4 Å². The van der Waals surface area contributed by atoms with Crippen molar-refractivity contribution in [3.8, 4) is 5.88 Å². The van der Waals surface area contributed by atoms with Crippen molar-refractivity contribution in [3.63, 3.8) is 0 Å². The standard InChI is InChI=1S/C19H16N2O5/c1-21-17(23)12-8-4-3-7-11(12)15(18(21)24)16(22)20-14-10-6-5-9-13(14)19(25)26-2/h3-10,24H,1-2H3,(H,20,22). The topological polar surface area (TPSA) is 97.6 Å². The molecule has 1 amide bonds. The second-order valence-electron chi connectivity index (χ2n) is 5.60. The van der Waals surface area contributed by atoms with Crippen molar-refractivity contribution in [2.45, 2.75) is 0 Å². The van der Waals surface area contributed by atoms with Crippen molar-refractivity contribution in [2.24, 2.45) is 7.05 Å². The molecule has 7 nitrogen and oxygen atoms in total. The minimum absolute atomic E-state index is 0.0534. The number of carbonyl (C=O) groups excluding carboxylic acids is 2. The number of amides is 1. The van der Waals surface area contributed by atoms with Crippen LogP contribution in [0.15, 0.2) is 53.3 Å². The second-order valence-corrected chi connectivity index (χ2v) is 5.60. The van der Waals surface area contributed by atoms with Gasteiger partial charge in [0.25, 0.3) is 11.5 Å². The molecular weight excluding hydrogens is 336 g/mol. The van der Waals surface area contributed by atoms with Gasteiger partial charge in [-0.15, -0.1) is 0 Å². The maximum Gasteiger partial charge on any atom is 0.339 e. The number of esters is 1. The number of methoxy groups -OCH3 is 1. The number of rotatable bonds is 3. The highest BCUT2D eigenvalue weighted by Gasteiger charge is 2.22. The van der Waals surface area contributed by atoms with E-state index >= 15 is 0 Å². The van der Waals surface area contributed by atoms with Crippen molar-refractivity contribution in [1.29, 1.82) is 0 Å². The van der Waals surface area contributed by atoms with Crippen LogP contribution in [0.3, 0.4) is 0 Å². The largest absolute Gasteiger partial charge is 0.494 e. The van der Waals surface area contributed by atoms with Crippen LogP contribution in [-0.4, -0.2) is 28.7 Å². The fourth-order valence-corrected chi connectivity index (χ4v) is 2.74. The summed E-state index contributed by atoms with van der Waals surface area (Å²) in [5.41, 5.74) is -0.0503. The van der Waals surface area contributed by atoms with E-state index in [0.717, 1.165) is 4.57 Å². The predicted molar refractivity (Wildman–Crippen MR) is 96.6 cm³/mol. The molecule has 0 aliphatic heterocycles. The lowest BCUT2D eigenvalue weighted by atomic mass is 10.1. The molecule has 0 bridgehead atoms. The summed E-state index contributed by atoms with van der Waals surface area (Å²) in [6.07, 6.45) is 0. The molecule has 0 saturated heterocycles. The van der Waals surface area contributed by atoms with Crippen molar-refractivity contribution in [2.75, 3.05) is 12.4 Å². The quantitative estimate of drug-likeness (QED) is 0.705. The van der Waals surface area contributed by atoms with E-state index in [2.05, 4.69) is 5.32 Å². The van der Waals surface area contributed by atoms with Crippen LogP contribution in [0.5, 0.6) is 5.88 Å². The Hall–Kier alpha value is -3.61. The number of pyridine rings is 1. The van der Waals surface area contributed by atoms with Crippen molar-refractivity contribution in [1.82, 2.24) is 4.57 Å². The van der Waals surface area contributed by atoms with Gasteiger partial charge in [0, 0.05) is 17.8 Å². The normalized spacial score (nSPS) is 10.5. The molecule has 0 unspecified atom stereocenters. The summed E-state index contributed by atoms with van der Waals surface area (Å²) in [5.74, 6) is -1.71. The molecule has 7 heteroatoms. The van der Waals surface area contributed by atoms with E-state index in [9.17, 15) is 19.5 Å². The lowest BCUT2D eigenvalue weighted by molar-refractivity contribution is 0.0602. The molecule has 0 atom stereocenters. The number of hydrogen-bond donors (Lipinski definition) is 2. The maximum absolute atomic E-state index is 12.8. The summed E-state index contributed by atoms with van der Waals surface area (Å²) in [6.45, 7) is 0. The van der Waals surface area contributed by atoms with Gasteiger partial charge in [-0.05, 0) is 18.2 Å². The molecule has 26 heavy (non-hydrogen) atoms. The summed E-state index contributed by atoms with van der Waals surface area (Å²) in [7, 11) is 2.62. The second kappa shape index (κ2) is 6.72. The number of fused-ring (bicyclic) bond motifs is 1. The van der Waals surface area contributed by atoms with Crippen LogP contribution >= 0.6 is 0 Å². The van der Waals surface area contributed by atoms with E-state index in [1.54, 1.807) is 42.5 Å². The summed E-state index contributed by atoms with van der Waals surface area (Å²) in [4.78, 5) is 37.0. The van der Waals surface area contributed by atoms with E-state index < -0.39 is 23.3 Å². The highest BCUT2D eigenvalue weighted by atomic mass is 16.5. The average molecular weight is 352 g/mol. The molecule has 2 aromatic carbocycles. The van der Waals surface area contributed by atoms with Crippen LogP contribution in [0.4, 0.5) is 5.69 Å². The van der Waals surface area contributed by atoms with Crippen LogP contribution in [0.1, 0.15) is 20.7 Å². The van der Waals surface area contributed by atoms with Gasteiger partial charge in [0.1, 0.15) is 5.56 Å². The number of hydrogen-bond acceptors (Lipinski definition) is 5. The van der Waals surface area contributed by atoms with Crippen LogP contribution in [0.2, 0.25) is 0 Å². The number of ether oxygens (including phenoxy) is 1. The highest BCUT2D eigenvalue weighted by molar-refractivity contribution is 6.15. The Morgan fingerprint density at radius 1 is 1.04 bits per heavy atom. The minimum atomic E-state index is -0.648. The maximum atomic E-state index is 12.8. The molecule has 132 valence electrons. The van der Waals surface area contributed by atoms with Crippen molar-refractivity contribution in [3.05, 3.63) is 70.0 Å². The van der Waals surface area contributed by atoms with Crippen LogP contribution in [0.25, 0.3) is 10.8 Å². The minimum Gasteiger partial charge on any atom is -0.494 e. The number of nitrogens with zero attached hydrogens (tertiary/aromatic N) is 1. The summed E-state index contributed by atoms with van der Waals surface area (Å²) in [5, 5.41) is 13.6. The van der Waals surface area contributed by atoms with E-state index in [4.69, 9.17) is 4.74 Å². The average Bonchev–Trinajstić information content (AvgIpc) is 2.66. The summed E-state index contributed by atoms with van der Waals surface area (Å²) >= 11 is 0. The Morgan fingerprint density at radius 2 is 1.65 bits per heavy atom. The zero-order chi connectivity index (χ0) is 18.8. The first-order valence-electron chi connectivity index (χ1n) is 7.75. The summed E-state index contributed by atoms with van der Waals surface area (Å²) in [6, 6.07) is 12.9. The molecule has 0 spiro atoms. The number of carbonyl (C=O) groups is 2. The van der Waals surface area contributed by atoms with Crippen LogP contribution in [-0.2, 0) is 11.8 Å². The highest BCUT2D eigenvalue weighted by Crippen LogP contribution is 2.26. The summed E-state index contributed by atoms with van der Waals surface area (Å²) < 4.78 is 5.71. The van der Waals surface area contributed by atoms with Gasteiger partial charge in [0.15, 0.2) is 0 Å². The molecule has 3 aromatic rings. The number of para-hydroxylation sites is 1. The van der Waals surface area contributed by atoms with Gasteiger partial charge in [-0.3, -0.25) is 14.2 Å². The third kappa shape index (κ3) is 2.79. The van der Waals surface area contributed by atoms with Gasteiger partial charge in [0.2, 0.25) is 5.88 Å². The van der Waals surface area contributed by atoms with E-state index in [-0.39, 0.29) is 16.8 Å². The first kappa shape index (κ1) is 17.2. The third-order valence-electron chi connectivity index (χ3n) is 4.08. The van der Waals surface area contributed by atoms with E-state index in [1.807, 2.05) is 0 Å². The SMILES string of the molecule is COC(=O)c1ccccc1NC(=O)c1c(O)n(C)c(=O)c2ccccc12. The zero-order valence-electron chi connectivity index (χ0n) is 14.1. The van der Waals surface area contributed by atoms with E-state index in [1.165, 1.54) is 20.2 Å². The fraction of sp³-hybridized carbons (Fsp3) is 0.105. The lowest BCUT2D eigenvalue weighted by Gasteiger charge is -2.14. The van der Waals surface area contributed by atoms with Crippen LogP contribution < -0.4 is 10.9 Å². The molecule has 3 rings (SSSR count). The van der Waals surface area contributed by atoms with Gasteiger partial charge in [0.05, 0.1) is 18.4 Å². The van der Waals surface area contributed by atoms with Gasteiger partial charge in [-0.1, -0.05) is 30.3 Å². The monoisotopic (exact) mass is 352 g/mol. The molecule has 0 aliphatic carbocycles. The third-order valence-corrected chi connectivity index (χ3v) is 4.08. The smallest absolute Gasteiger partial charge is 0.339 e. The Morgan fingerprint density at radius 3 is 2.35 bits per heavy atom. The Bertz CT molecular complexity index is 1080. The molecular formula is C19H16N2O5. The van der Waals surface area contributed by atoms with Crippen molar-refractivity contribution >= 4 is 28.3 Å². The number of anilines is 1. The first-order valence-corrected chi connectivity index (χ1v) is 7.75. The fourth-order valence-electron chi connectivity index (χ4n) is 2.74. The molecule has 0 saturated carbocycles. The lowest BCUT2D eigenvalue weighted by Crippen LogP contribution is -2.23. The number of nitrogens with one attached hydrogen (secondary N) is 1.